The van der Waals surface area contributed by atoms with Gasteiger partial charge in [-0.25, -0.2) is 4.79 Å². The number of ether oxygens (including phenoxy) is 3. The van der Waals surface area contributed by atoms with Gasteiger partial charge >= 0.3 is 5.97 Å². The van der Waals surface area contributed by atoms with E-state index in [0.29, 0.717) is 35.0 Å². The van der Waals surface area contributed by atoms with E-state index in [2.05, 4.69) is 0 Å². The highest BCUT2D eigenvalue weighted by atomic mass is 35.5. The molecule has 2 aromatic carbocycles. The van der Waals surface area contributed by atoms with Crippen molar-refractivity contribution in [2.75, 3.05) is 7.11 Å². The number of benzene rings is 2. The van der Waals surface area contributed by atoms with Crippen LogP contribution in [0.4, 0.5) is 0 Å². The highest BCUT2D eigenvalue weighted by Gasteiger charge is 2.19. The third-order valence-corrected chi connectivity index (χ3v) is 6.44. The van der Waals surface area contributed by atoms with Crippen molar-refractivity contribution in [3.8, 4) is 11.5 Å². The Hall–Kier alpha value is -2.96. The van der Waals surface area contributed by atoms with Crippen LogP contribution in [0.5, 0.6) is 11.5 Å². The molecule has 3 aromatic rings. The molecule has 1 aliphatic rings. The molecule has 8 heteroatoms. The SMILES string of the molecule is COC(=O)c1ccc(CCn2c(COc3cccc(OC4CCC4)c3)c(Cl)cc(Cl)c2=O)cc1. The molecule has 1 saturated carbocycles. The van der Waals surface area contributed by atoms with Crippen molar-refractivity contribution in [2.24, 2.45) is 0 Å². The fourth-order valence-electron chi connectivity index (χ4n) is 3.66. The topological polar surface area (TPSA) is 66.8 Å². The van der Waals surface area contributed by atoms with Gasteiger partial charge in [-0.05, 0) is 61.6 Å². The number of pyridine rings is 1. The van der Waals surface area contributed by atoms with Gasteiger partial charge in [-0.1, -0.05) is 41.4 Å². The summed E-state index contributed by atoms with van der Waals surface area (Å²) < 4.78 is 18.2. The van der Waals surface area contributed by atoms with Crippen molar-refractivity contribution < 1.29 is 19.0 Å². The fourth-order valence-corrected chi connectivity index (χ4v) is 4.19. The quantitative estimate of drug-likeness (QED) is 0.352. The molecule has 0 N–H and O–H groups in total. The molecule has 0 amide bonds. The van der Waals surface area contributed by atoms with Crippen LogP contribution in [0.25, 0.3) is 0 Å². The van der Waals surface area contributed by atoms with Gasteiger partial charge in [-0.15, -0.1) is 0 Å². The van der Waals surface area contributed by atoms with Crippen LogP contribution in [0.1, 0.15) is 40.9 Å². The van der Waals surface area contributed by atoms with E-state index in [1.807, 2.05) is 36.4 Å². The lowest BCUT2D eigenvalue weighted by molar-refractivity contribution is 0.0600. The molecule has 0 radical (unpaired) electrons. The summed E-state index contributed by atoms with van der Waals surface area (Å²) in [5, 5.41) is 0.401. The number of esters is 1. The van der Waals surface area contributed by atoms with Gasteiger partial charge in [0.1, 0.15) is 23.1 Å². The van der Waals surface area contributed by atoms with E-state index in [1.54, 1.807) is 12.1 Å². The van der Waals surface area contributed by atoms with Crippen LogP contribution >= 0.6 is 23.2 Å². The summed E-state index contributed by atoms with van der Waals surface area (Å²) in [5.41, 5.74) is 1.61. The molecule has 0 unspecified atom stereocenters. The van der Waals surface area contributed by atoms with Crippen LogP contribution in [0.3, 0.4) is 0 Å². The standard InChI is InChI=1S/C26H25Cl2NO5/c1-32-26(31)18-10-8-17(9-11-18)12-13-29-24(22(27)15-23(28)25(29)30)16-33-20-6-3-7-21(14-20)34-19-4-2-5-19/h3,6-11,14-15,19H,2,4-5,12-13,16H2,1H3. The molecule has 1 aliphatic carbocycles. The van der Waals surface area contributed by atoms with Gasteiger partial charge in [0.05, 0.1) is 29.5 Å². The Bertz CT molecular complexity index is 1220. The number of carbonyl (C=O) groups excluding carboxylic acids is 1. The molecule has 0 spiro atoms. The summed E-state index contributed by atoms with van der Waals surface area (Å²) in [6.07, 6.45) is 4.15. The molecule has 0 aliphatic heterocycles. The molecule has 1 heterocycles. The van der Waals surface area contributed by atoms with Gasteiger partial charge in [0, 0.05) is 12.6 Å². The molecular formula is C26H25Cl2NO5. The van der Waals surface area contributed by atoms with Crippen molar-refractivity contribution >= 4 is 29.2 Å². The average Bonchev–Trinajstić information content (AvgIpc) is 2.82. The molecule has 4 rings (SSSR count). The Morgan fingerprint density at radius 1 is 1.03 bits per heavy atom. The minimum absolute atomic E-state index is 0.0469. The van der Waals surface area contributed by atoms with Crippen LogP contribution in [-0.4, -0.2) is 23.8 Å². The fraction of sp³-hybridized carbons (Fsp3) is 0.308. The minimum atomic E-state index is -0.397. The molecule has 0 bridgehead atoms. The first-order valence-corrected chi connectivity index (χ1v) is 11.8. The first kappa shape index (κ1) is 24.2. The lowest BCUT2D eigenvalue weighted by atomic mass is 9.96. The lowest BCUT2D eigenvalue weighted by Gasteiger charge is -2.26. The predicted octanol–water partition coefficient (Wildman–Crippen LogP) is 5.69. The Morgan fingerprint density at radius 3 is 2.44 bits per heavy atom. The summed E-state index contributed by atoms with van der Waals surface area (Å²) in [7, 11) is 1.34. The maximum absolute atomic E-state index is 12.8. The molecule has 1 aromatic heterocycles. The van der Waals surface area contributed by atoms with Crippen LogP contribution in [-0.2, 0) is 24.3 Å². The molecule has 6 nitrogen and oxygen atoms in total. The molecule has 1 fully saturated rings. The van der Waals surface area contributed by atoms with E-state index < -0.39 is 5.97 Å². The van der Waals surface area contributed by atoms with Crippen LogP contribution in [0.2, 0.25) is 10.0 Å². The number of halogens is 2. The predicted molar refractivity (Wildman–Crippen MR) is 131 cm³/mol. The maximum Gasteiger partial charge on any atom is 0.337 e. The molecule has 0 atom stereocenters. The number of hydrogen-bond acceptors (Lipinski definition) is 5. The first-order chi connectivity index (χ1) is 16.4. The zero-order valence-corrected chi connectivity index (χ0v) is 20.3. The minimum Gasteiger partial charge on any atom is -0.490 e. The van der Waals surface area contributed by atoms with Crippen molar-refractivity contribution in [3.05, 3.63) is 91.8 Å². The van der Waals surface area contributed by atoms with Gasteiger partial charge < -0.3 is 18.8 Å². The molecular weight excluding hydrogens is 477 g/mol. The second-order valence-corrected chi connectivity index (χ2v) is 8.93. The van der Waals surface area contributed by atoms with Gasteiger partial charge in [-0.2, -0.15) is 0 Å². The van der Waals surface area contributed by atoms with E-state index in [4.69, 9.17) is 37.4 Å². The second-order valence-electron chi connectivity index (χ2n) is 8.12. The first-order valence-electron chi connectivity index (χ1n) is 11.1. The van der Waals surface area contributed by atoms with E-state index in [1.165, 1.54) is 24.2 Å². The van der Waals surface area contributed by atoms with Crippen molar-refractivity contribution in [3.63, 3.8) is 0 Å². The highest BCUT2D eigenvalue weighted by molar-refractivity contribution is 6.34. The maximum atomic E-state index is 12.8. The zero-order chi connectivity index (χ0) is 24.1. The highest BCUT2D eigenvalue weighted by Crippen LogP contribution is 2.28. The number of carbonyl (C=O) groups is 1. The molecule has 178 valence electrons. The summed E-state index contributed by atoms with van der Waals surface area (Å²) in [5.74, 6) is 0.989. The van der Waals surface area contributed by atoms with Crippen molar-refractivity contribution in [2.45, 2.75) is 44.9 Å². The van der Waals surface area contributed by atoms with E-state index in [9.17, 15) is 9.59 Å². The molecule has 34 heavy (non-hydrogen) atoms. The Kier molecular flexibility index (Phi) is 7.80. The Balaban J connectivity index is 1.48. The van der Waals surface area contributed by atoms with Gasteiger partial charge in [0.2, 0.25) is 0 Å². The number of nitrogens with zero attached hydrogens (tertiary/aromatic N) is 1. The Morgan fingerprint density at radius 2 is 1.76 bits per heavy atom. The average molecular weight is 502 g/mol. The summed E-state index contributed by atoms with van der Waals surface area (Å²) in [6, 6.07) is 15.9. The Labute approximate surface area is 208 Å². The van der Waals surface area contributed by atoms with E-state index in [0.717, 1.165) is 24.2 Å². The van der Waals surface area contributed by atoms with Gasteiger partial charge in [-0.3, -0.25) is 4.79 Å². The van der Waals surface area contributed by atoms with E-state index in [-0.39, 0.29) is 23.3 Å². The van der Waals surface area contributed by atoms with Gasteiger partial charge in [0.25, 0.3) is 5.56 Å². The van der Waals surface area contributed by atoms with Gasteiger partial charge in [0.15, 0.2) is 0 Å². The largest absolute Gasteiger partial charge is 0.490 e. The van der Waals surface area contributed by atoms with E-state index >= 15 is 0 Å². The second kappa shape index (κ2) is 11.0. The molecule has 0 saturated heterocycles. The summed E-state index contributed by atoms with van der Waals surface area (Å²) in [6.45, 7) is 0.444. The van der Waals surface area contributed by atoms with Crippen molar-refractivity contribution in [1.29, 1.82) is 0 Å². The monoisotopic (exact) mass is 501 g/mol. The third kappa shape index (κ3) is 5.75. The summed E-state index contributed by atoms with van der Waals surface area (Å²) in [4.78, 5) is 24.4. The summed E-state index contributed by atoms with van der Waals surface area (Å²) >= 11 is 12.6. The third-order valence-electron chi connectivity index (χ3n) is 5.84. The normalized spacial score (nSPS) is 13.3. The number of rotatable bonds is 9. The number of aryl methyl sites for hydroxylation is 1. The lowest BCUT2D eigenvalue weighted by Crippen LogP contribution is -2.26. The van der Waals surface area contributed by atoms with Crippen LogP contribution < -0.4 is 15.0 Å². The smallest absolute Gasteiger partial charge is 0.337 e. The zero-order valence-electron chi connectivity index (χ0n) is 18.8. The number of aromatic nitrogens is 1. The number of hydrogen-bond donors (Lipinski definition) is 0. The van der Waals surface area contributed by atoms with Crippen LogP contribution in [0.15, 0.2) is 59.4 Å². The number of methoxy groups -OCH3 is 1. The van der Waals surface area contributed by atoms with Crippen LogP contribution in [0, 0.1) is 0 Å². The van der Waals surface area contributed by atoms with Crippen molar-refractivity contribution in [1.82, 2.24) is 4.57 Å².